The van der Waals surface area contributed by atoms with Gasteiger partial charge in [0.05, 0.1) is 11.1 Å². The fourth-order valence-electron chi connectivity index (χ4n) is 3.41. The predicted octanol–water partition coefficient (Wildman–Crippen LogP) is 3.79. The Kier molecular flexibility index (Phi) is 4.14. The Bertz CT molecular complexity index is 927. The van der Waals surface area contributed by atoms with E-state index < -0.39 is 5.82 Å². The van der Waals surface area contributed by atoms with Gasteiger partial charge in [0.2, 0.25) is 0 Å². The number of amides is 1. The molecular formula is C20H18FN3O. The van der Waals surface area contributed by atoms with Crippen LogP contribution in [-0.4, -0.2) is 33.9 Å². The highest BCUT2D eigenvalue weighted by Crippen LogP contribution is 2.28. The lowest BCUT2D eigenvalue weighted by molar-refractivity contribution is 0.0701. The molecule has 0 spiro atoms. The molecule has 0 radical (unpaired) electrons. The van der Waals surface area contributed by atoms with E-state index in [1.54, 1.807) is 29.3 Å². The number of halogens is 1. The Balaban J connectivity index is 1.58. The van der Waals surface area contributed by atoms with Crippen LogP contribution in [-0.2, 0) is 0 Å². The molecule has 0 bridgehead atoms. The predicted molar refractivity (Wildman–Crippen MR) is 93.8 cm³/mol. The van der Waals surface area contributed by atoms with Crippen molar-refractivity contribution in [2.75, 3.05) is 13.1 Å². The molecule has 1 fully saturated rings. The minimum Gasteiger partial charge on any atom is -0.338 e. The minimum absolute atomic E-state index is 0.135. The van der Waals surface area contributed by atoms with Crippen LogP contribution >= 0.6 is 0 Å². The summed E-state index contributed by atoms with van der Waals surface area (Å²) in [5.41, 5.74) is 1.98. The second-order valence-corrected chi connectivity index (χ2v) is 6.38. The largest absolute Gasteiger partial charge is 0.338 e. The van der Waals surface area contributed by atoms with Crippen LogP contribution in [0.4, 0.5) is 4.39 Å². The maximum absolute atomic E-state index is 13.9. The monoisotopic (exact) mass is 335 g/mol. The zero-order chi connectivity index (χ0) is 17.2. The number of piperidine rings is 1. The summed E-state index contributed by atoms with van der Waals surface area (Å²) in [5.74, 6) is -0.569. The van der Waals surface area contributed by atoms with E-state index in [1.165, 1.54) is 6.07 Å². The third kappa shape index (κ3) is 3.09. The van der Waals surface area contributed by atoms with Gasteiger partial charge >= 0.3 is 0 Å². The molecule has 0 saturated carbocycles. The molecule has 0 aliphatic carbocycles. The standard InChI is InChI=1S/C20H18FN3O/c21-17-8-2-1-7-16(17)20(25)24-10-4-6-15(13-24)19-11-18-14(12-23-19)5-3-9-22-18/h1-3,5,7-9,11-12,15H,4,6,10,13H2/t15-/m1/s1. The van der Waals surface area contributed by atoms with Crippen LogP contribution in [0.15, 0.2) is 54.9 Å². The molecule has 3 heterocycles. The highest BCUT2D eigenvalue weighted by atomic mass is 19.1. The Morgan fingerprint density at radius 1 is 1.16 bits per heavy atom. The number of aromatic nitrogens is 2. The van der Waals surface area contributed by atoms with Crippen molar-refractivity contribution in [1.29, 1.82) is 0 Å². The van der Waals surface area contributed by atoms with E-state index in [1.807, 2.05) is 24.4 Å². The summed E-state index contributed by atoms with van der Waals surface area (Å²) < 4.78 is 13.9. The van der Waals surface area contributed by atoms with Gasteiger partial charge in [-0.2, -0.15) is 0 Å². The average molecular weight is 335 g/mol. The number of rotatable bonds is 2. The second-order valence-electron chi connectivity index (χ2n) is 6.38. The first-order chi connectivity index (χ1) is 12.2. The molecule has 0 N–H and O–H groups in total. The SMILES string of the molecule is O=C(c1ccccc1F)N1CCC[C@@H](c2cc3ncccc3cn2)C1. The zero-order valence-electron chi connectivity index (χ0n) is 13.7. The van der Waals surface area contributed by atoms with E-state index >= 15 is 0 Å². The number of hydrogen-bond donors (Lipinski definition) is 0. The number of fused-ring (bicyclic) bond motifs is 1. The van der Waals surface area contributed by atoms with Crippen molar-refractivity contribution in [3.63, 3.8) is 0 Å². The highest BCUT2D eigenvalue weighted by Gasteiger charge is 2.27. The van der Waals surface area contributed by atoms with Gasteiger partial charge in [0.25, 0.3) is 5.91 Å². The van der Waals surface area contributed by atoms with Gasteiger partial charge in [0, 0.05) is 42.5 Å². The summed E-state index contributed by atoms with van der Waals surface area (Å²) in [6.45, 7) is 1.20. The molecule has 4 nitrogen and oxygen atoms in total. The van der Waals surface area contributed by atoms with Crippen LogP contribution < -0.4 is 0 Å². The Labute approximate surface area is 145 Å². The summed E-state index contributed by atoms with van der Waals surface area (Å²) in [4.78, 5) is 23.3. The van der Waals surface area contributed by atoms with Crippen LogP contribution in [0.5, 0.6) is 0 Å². The van der Waals surface area contributed by atoms with Crippen molar-refractivity contribution < 1.29 is 9.18 Å². The second kappa shape index (κ2) is 6.59. The van der Waals surface area contributed by atoms with E-state index in [0.717, 1.165) is 29.4 Å². The van der Waals surface area contributed by atoms with E-state index in [-0.39, 0.29) is 17.4 Å². The topological polar surface area (TPSA) is 46.1 Å². The first kappa shape index (κ1) is 15.7. The summed E-state index contributed by atoms with van der Waals surface area (Å²) in [6, 6.07) is 12.0. The molecule has 3 aromatic rings. The van der Waals surface area contributed by atoms with Gasteiger partial charge in [0.15, 0.2) is 0 Å². The van der Waals surface area contributed by atoms with Crippen LogP contribution in [0.25, 0.3) is 10.9 Å². The first-order valence-electron chi connectivity index (χ1n) is 8.47. The molecule has 1 aliphatic rings. The number of benzene rings is 1. The van der Waals surface area contributed by atoms with Gasteiger partial charge in [0.1, 0.15) is 5.82 Å². The van der Waals surface area contributed by atoms with Crippen molar-refractivity contribution in [3.8, 4) is 0 Å². The zero-order valence-corrected chi connectivity index (χ0v) is 13.7. The fourth-order valence-corrected chi connectivity index (χ4v) is 3.41. The molecule has 4 rings (SSSR count). The molecule has 0 unspecified atom stereocenters. The van der Waals surface area contributed by atoms with Crippen molar-refractivity contribution in [3.05, 3.63) is 71.9 Å². The maximum Gasteiger partial charge on any atom is 0.256 e. The first-order valence-corrected chi connectivity index (χ1v) is 8.47. The number of likely N-dealkylation sites (tertiary alicyclic amines) is 1. The number of carbonyl (C=O) groups is 1. The van der Waals surface area contributed by atoms with Gasteiger partial charge in [-0.3, -0.25) is 14.8 Å². The summed E-state index contributed by atoms with van der Waals surface area (Å²) in [7, 11) is 0. The molecule has 1 aromatic carbocycles. The van der Waals surface area contributed by atoms with Gasteiger partial charge in [-0.1, -0.05) is 12.1 Å². The van der Waals surface area contributed by atoms with E-state index in [9.17, 15) is 9.18 Å². The summed E-state index contributed by atoms with van der Waals surface area (Å²) >= 11 is 0. The van der Waals surface area contributed by atoms with Crippen LogP contribution in [0.2, 0.25) is 0 Å². The number of carbonyl (C=O) groups excluding carboxylic acids is 1. The third-order valence-electron chi connectivity index (χ3n) is 4.74. The van der Waals surface area contributed by atoms with Crippen molar-refractivity contribution in [1.82, 2.24) is 14.9 Å². The average Bonchev–Trinajstić information content (AvgIpc) is 2.67. The molecule has 5 heteroatoms. The van der Waals surface area contributed by atoms with E-state index in [4.69, 9.17) is 0 Å². The maximum atomic E-state index is 13.9. The number of nitrogens with zero attached hydrogens (tertiary/aromatic N) is 3. The summed E-state index contributed by atoms with van der Waals surface area (Å²) in [6.07, 6.45) is 5.44. The van der Waals surface area contributed by atoms with E-state index in [2.05, 4.69) is 9.97 Å². The molecule has 1 aliphatic heterocycles. The van der Waals surface area contributed by atoms with Crippen molar-refractivity contribution in [2.24, 2.45) is 0 Å². The smallest absolute Gasteiger partial charge is 0.256 e. The fraction of sp³-hybridized carbons (Fsp3) is 0.250. The van der Waals surface area contributed by atoms with Crippen molar-refractivity contribution >= 4 is 16.8 Å². The molecule has 126 valence electrons. The van der Waals surface area contributed by atoms with Gasteiger partial charge in [-0.15, -0.1) is 0 Å². The quantitative estimate of drug-likeness (QED) is 0.716. The van der Waals surface area contributed by atoms with Gasteiger partial charge in [-0.05, 0) is 43.2 Å². The molecule has 1 saturated heterocycles. The molecule has 2 aromatic heterocycles. The number of pyridine rings is 2. The van der Waals surface area contributed by atoms with Crippen molar-refractivity contribution in [2.45, 2.75) is 18.8 Å². The van der Waals surface area contributed by atoms with E-state index in [0.29, 0.717) is 13.1 Å². The third-order valence-corrected chi connectivity index (χ3v) is 4.74. The van der Waals surface area contributed by atoms with Gasteiger partial charge in [-0.25, -0.2) is 4.39 Å². The molecular weight excluding hydrogens is 317 g/mol. The normalized spacial score (nSPS) is 17.6. The molecule has 1 atom stereocenters. The Morgan fingerprint density at radius 2 is 2.04 bits per heavy atom. The Morgan fingerprint density at radius 3 is 2.92 bits per heavy atom. The van der Waals surface area contributed by atoms with Crippen LogP contribution in [0.1, 0.15) is 34.8 Å². The summed E-state index contributed by atoms with van der Waals surface area (Å²) in [5, 5.41) is 1.00. The van der Waals surface area contributed by atoms with Crippen LogP contribution in [0.3, 0.4) is 0 Å². The highest BCUT2D eigenvalue weighted by molar-refractivity contribution is 5.94. The lowest BCUT2D eigenvalue weighted by atomic mass is 9.93. The molecule has 1 amide bonds. The number of hydrogen-bond acceptors (Lipinski definition) is 3. The van der Waals surface area contributed by atoms with Crippen LogP contribution in [0, 0.1) is 5.82 Å². The minimum atomic E-state index is -0.470. The lowest BCUT2D eigenvalue weighted by Gasteiger charge is -2.32. The van der Waals surface area contributed by atoms with Gasteiger partial charge < -0.3 is 4.90 Å². The molecule has 25 heavy (non-hydrogen) atoms. The lowest BCUT2D eigenvalue weighted by Crippen LogP contribution is -2.39. The Hall–Kier alpha value is -2.82.